The molecular formula is C32H60N10O8. The zero-order valence-corrected chi connectivity index (χ0v) is 28.8. The molecular weight excluding hydrogens is 652 g/mol. The lowest BCUT2D eigenvalue weighted by atomic mass is 9.92. The second-order valence-electron chi connectivity index (χ2n) is 13.6. The molecule has 0 aromatic carbocycles. The summed E-state index contributed by atoms with van der Waals surface area (Å²) in [6.07, 6.45) is 0.522. The van der Waals surface area contributed by atoms with E-state index >= 15 is 0 Å². The lowest BCUT2D eigenvalue weighted by Gasteiger charge is -2.42. The Morgan fingerprint density at radius 3 is 2.18 bits per heavy atom. The minimum atomic E-state index is -1.48. The number of hydrogen-bond acceptors (Lipinski definition) is 15. The monoisotopic (exact) mass is 712 g/mol. The van der Waals surface area contributed by atoms with Crippen LogP contribution in [-0.4, -0.2) is 138 Å². The Hall–Kier alpha value is -3.07. The van der Waals surface area contributed by atoms with E-state index < -0.39 is 67.2 Å². The average molecular weight is 713 g/mol. The number of piperidine rings is 1. The quantitative estimate of drug-likeness (QED) is 0.0495. The summed E-state index contributed by atoms with van der Waals surface area (Å²) in [5, 5.41) is 58.8. The smallest absolute Gasteiger partial charge is 0.244 e. The number of aliphatic hydroxyl groups excluding tert-OH is 4. The SMILES string of the molecule is C=C(CC(N)CCCNC(=O)CC(N)CCCN)NCCCC(N)CC(=O)NC1C(C=C2NC3C(=O)NCC(O)C3N2)OC(CO)C(O)C1O. The predicted molar refractivity (Wildman–Crippen MR) is 185 cm³/mol. The Kier molecular flexibility index (Phi) is 17.1. The zero-order valence-electron chi connectivity index (χ0n) is 28.8. The number of fused-ring (bicyclic) bond motifs is 1. The van der Waals surface area contributed by atoms with Gasteiger partial charge in [-0.2, -0.15) is 0 Å². The summed E-state index contributed by atoms with van der Waals surface area (Å²) < 4.78 is 5.82. The average Bonchev–Trinajstić information content (AvgIpc) is 3.50. The maximum atomic E-state index is 13.0. The second-order valence-corrected chi connectivity index (χ2v) is 13.6. The molecule has 0 spiro atoms. The summed E-state index contributed by atoms with van der Waals surface area (Å²) in [6, 6.07) is -3.23. The van der Waals surface area contributed by atoms with Crippen LogP contribution in [0.1, 0.15) is 57.8 Å². The first-order chi connectivity index (χ1) is 23.8. The molecule has 3 aliphatic heterocycles. The van der Waals surface area contributed by atoms with Gasteiger partial charge in [0.1, 0.15) is 30.5 Å². The number of ether oxygens (including phenoxy) is 1. The van der Waals surface area contributed by atoms with Crippen molar-refractivity contribution >= 4 is 17.7 Å². The van der Waals surface area contributed by atoms with Crippen molar-refractivity contribution in [1.29, 1.82) is 0 Å². The fourth-order valence-corrected chi connectivity index (χ4v) is 6.36. The largest absolute Gasteiger partial charge is 0.394 e. The van der Waals surface area contributed by atoms with Crippen LogP contribution in [0.3, 0.4) is 0 Å². The molecule has 3 aliphatic rings. The Morgan fingerprint density at radius 1 is 0.920 bits per heavy atom. The number of nitrogens with one attached hydrogen (secondary N) is 6. The number of rotatable bonds is 21. The molecule has 0 aliphatic carbocycles. The molecule has 18 N–H and O–H groups in total. The summed E-state index contributed by atoms with van der Waals surface area (Å²) in [6.45, 7) is 5.22. The number of carbonyl (C=O) groups excluding carboxylic acids is 3. The number of β-amino-alcohol motifs (C(OH)–C–C–N with tert-alkyl or cyclic N) is 1. The Bertz CT molecular complexity index is 1150. The normalized spacial score (nSPS) is 30.2. The molecule has 0 bridgehead atoms. The Morgan fingerprint density at radius 2 is 1.54 bits per heavy atom. The van der Waals surface area contributed by atoms with E-state index in [9.17, 15) is 34.8 Å². The maximum Gasteiger partial charge on any atom is 0.244 e. The molecule has 11 atom stereocenters. The van der Waals surface area contributed by atoms with Gasteiger partial charge in [0, 0.05) is 62.7 Å². The van der Waals surface area contributed by atoms with Gasteiger partial charge in [-0.25, -0.2) is 0 Å². The second kappa shape index (κ2) is 20.7. The summed E-state index contributed by atoms with van der Waals surface area (Å²) in [5.74, 6) is -0.495. The summed E-state index contributed by atoms with van der Waals surface area (Å²) in [5.41, 5.74) is 24.7. The van der Waals surface area contributed by atoms with Crippen LogP contribution in [-0.2, 0) is 19.1 Å². The topological polar surface area (TPSA) is 318 Å². The van der Waals surface area contributed by atoms with Crippen LogP contribution in [0.15, 0.2) is 24.2 Å². The number of amides is 3. The lowest BCUT2D eigenvalue weighted by molar-refractivity contribution is -0.184. The van der Waals surface area contributed by atoms with Crippen LogP contribution < -0.4 is 54.8 Å². The van der Waals surface area contributed by atoms with Crippen LogP contribution >= 0.6 is 0 Å². The molecule has 286 valence electrons. The molecule has 3 fully saturated rings. The van der Waals surface area contributed by atoms with Crippen molar-refractivity contribution in [2.45, 2.75) is 125 Å². The highest BCUT2D eigenvalue weighted by molar-refractivity contribution is 5.84. The predicted octanol–water partition coefficient (Wildman–Crippen LogP) is -5.11. The van der Waals surface area contributed by atoms with Gasteiger partial charge in [-0.1, -0.05) is 6.58 Å². The van der Waals surface area contributed by atoms with E-state index in [4.69, 9.17) is 27.7 Å². The number of aliphatic hydroxyl groups is 4. The number of hydrogen-bond donors (Lipinski definition) is 14. The molecule has 18 heteroatoms. The Balaban J connectivity index is 1.36. The third kappa shape index (κ3) is 12.9. The van der Waals surface area contributed by atoms with E-state index in [0.717, 1.165) is 25.0 Å². The highest BCUT2D eigenvalue weighted by Gasteiger charge is 2.47. The van der Waals surface area contributed by atoms with Gasteiger partial charge < -0.3 is 80.0 Å². The zero-order chi connectivity index (χ0) is 36.8. The van der Waals surface area contributed by atoms with Gasteiger partial charge in [0.05, 0.1) is 30.6 Å². The van der Waals surface area contributed by atoms with Crippen molar-refractivity contribution in [1.82, 2.24) is 31.9 Å². The molecule has 3 rings (SSSR count). The summed E-state index contributed by atoms with van der Waals surface area (Å²) >= 11 is 0. The van der Waals surface area contributed by atoms with Crippen LogP contribution in [0.4, 0.5) is 0 Å². The van der Waals surface area contributed by atoms with Crippen LogP contribution in [0.5, 0.6) is 0 Å². The minimum Gasteiger partial charge on any atom is -0.394 e. The van der Waals surface area contributed by atoms with E-state index in [1.54, 1.807) is 0 Å². The first-order valence-corrected chi connectivity index (χ1v) is 17.6. The van der Waals surface area contributed by atoms with Crippen LogP contribution in [0.25, 0.3) is 0 Å². The van der Waals surface area contributed by atoms with Gasteiger partial charge in [-0.05, 0) is 51.1 Å². The van der Waals surface area contributed by atoms with Crippen molar-refractivity contribution in [2.24, 2.45) is 22.9 Å². The lowest BCUT2D eigenvalue weighted by Crippen LogP contribution is -2.64. The van der Waals surface area contributed by atoms with Gasteiger partial charge in [-0.3, -0.25) is 14.4 Å². The number of nitrogens with two attached hydrogens (primary N) is 4. The van der Waals surface area contributed by atoms with Crippen molar-refractivity contribution in [3.05, 3.63) is 24.2 Å². The molecule has 0 radical (unpaired) electrons. The van der Waals surface area contributed by atoms with E-state index in [-0.39, 0.29) is 43.3 Å². The molecule has 0 aromatic heterocycles. The first-order valence-electron chi connectivity index (χ1n) is 17.6. The van der Waals surface area contributed by atoms with Crippen LogP contribution in [0.2, 0.25) is 0 Å². The highest BCUT2D eigenvalue weighted by atomic mass is 16.5. The highest BCUT2D eigenvalue weighted by Crippen LogP contribution is 2.24. The molecule has 50 heavy (non-hydrogen) atoms. The Labute approximate surface area is 293 Å². The number of carbonyl (C=O) groups is 3. The van der Waals surface area contributed by atoms with E-state index in [0.29, 0.717) is 51.1 Å². The first kappa shape index (κ1) is 41.4. The standard InChI is InChI=1S/C32H60N10O8/c1-17(11-18(34)6-4-10-38-25(45)12-19(35)5-2-8-33)37-9-3-7-20(36)13-26(46)42-28-22(50-23(16-43)30(47)31(28)48)14-24-40-27-21(44)15-39-32(49)29(27)41-24/h14,18-23,27-31,37,40-41,43-44,47-48H,1-13,15-16,33-36H2,(H,38,45)(H,39,49)(H,42,46). The van der Waals surface area contributed by atoms with Gasteiger partial charge in [0.25, 0.3) is 0 Å². The van der Waals surface area contributed by atoms with E-state index in [1.165, 1.54) is 6.08 Å². The van der Waals surface area contributed by atoms with Crippen molar-refractivity contribution < 1.29 is 39.5 Å². The molecule has 3 heterocycles. The van der Waals surface area contributed by atoms with Crippen molar-refractivity contribution in [3.8, 4) is 0 Å². The third-order valence-corrected chi connectivity index (χ3v) is 9.18. The van der Waals surface area contributed by atoms with Crippen molar-refractivity contribution in [3.63, 3.8) is 0 Å². The van der Waals surface area contributed by atoms with Gasteiger partial charge in [0.15, 0.2) is 0 Å². The van der Waals surface area contributed by atoms with Crippen LogP contribution in [0, 0.1) is 0 Å². The molecule has 3 amide bonds. The van der Waals surface area contributed by atoms with Crippen molar-refractivity contribution in [2.75, 3.05) is 32.8 Å². The fourth-order valence-electron chi connectivity index (χ4n) is 6.36. The molecule has 18 nitrogen and oxygen atoms in total. The fraction of sp³-hybridized carbons (Fsp3) is 0.781. The molecule has 11 unspecified atom stereocenters. The third-order valence-electron chi connectivity index (χ3n) is 9.18. The minimum absolute atomic E-state index is 0.0545. The van der Waals surface area contributed by atoms with Gasteiger partial charge in [0.2, 0.25) is 17.7 Å². The van der Waals surface area contributed by atoms with Gasteiger partial charge >= 0.3 is 0 Å². The molecule has 3 saturated heterocycles. The summed E-state index contributed by atoms with van der Waals surface area (Å²) in [4.78, 5) is 37.2. The molecule has 0 saturated carbocycles. The van der Waals surface area contributed by atoms with E-state index in [2.05, 4.69) is 38.5 Å². The van der Waals surface area contributed by atoms with E-state index in [1.807, 2.05) is 0 Å². The van der Waals surface area contributed by atoms with Gasteiger partial charge in [-0.15, -0.1) is 0 Å². The summed E-state index contributed by atoms with van der Waals surface area (Å²) in [7, 11) is 0. The molecule has 0 aromatic rings. The maximum absolute atomic E-state index is 13.0.